The molecule has 9 heteroatoms. The molecule has 0 atom stereocenters. The highest BCUT2D eigenvalue weighted by Gasteiger charge is 2.13. The zero-order valence-electron chi connectivity index (χ0n) is 17.0. The molecular weight excluding hydrogens is 411 g/mol. The molecule has 1 heterocycles. The van der Waals surface area contributed by atoms with E-state index >= 15 is 0 Å². The van der Waals surface area contributed by atoms with Crippen LogP contribution in [0.2, 0.25) is 0 Å². The number of benzene rings is 3. The van der Waals surface area contributed by atoms with Gasteiger partial charge < -0.3 is 10.1 Å². The third-order valence-electron chi connectivity index (χ3n) is 4.70. The van der Waals surface area contributed by atoms with E-state index in [1.165, 1.54) is 22.9 Å². The molecule has 3 aromatic carbocycles. The number of aromatic nitrogens is 4. The lowest BCUT2D eigenvalue weighted by Gasteiger charge is -2.11. The van der Waals surface area contributed by atoms with Crippen molar-refractivity contribution >= 4 is 11.6 Å². The van der Waals surface area contributed by atoms with E-state index in [4.69, 9.17) is 4.74 Å². The Bertz CT molecular complexity index is 1330. The van der Waals surface area contributed by atoms with Gasteiger partial charge in [-0.25, -0.2) is 4.39 Å². The van der Waals surface area contributed by atoms with Gasteiger partial charge in [0.2, 0.25) is 0 Å². The third-order valence-corrected chi connectivity index (χ3v) is 4.70. The van der Waals surface area contributed by atoms with Crippen LogP contribution in [-0.4, -0.2) is 26.1 Å². The van der Waals surface area contributed by atoms with Gasteiger partial charge in [0.05, 0.1) is 23.0 Å². The fourth-order valence-corrected chi connectivity index (χ4v) is 3.05. The van der Waals surface area contributed by atoms with Crippen LogP contribution < -0.4 is 10.1 Å². The van der Waals surface area contributed by atoms with Crippen LogP contribution >= 0.6 is 0 Å². The van der Waals surface area contributed by atoms with Gasteiger partial charge in [0.15, 0.2) is 5.82 Å². The molecule has 1 N–H and O–H groups in total. The standard InChI is InChI=1S/C23H17FN6O2/c1-15-27-28-29-30(15)19-9-10-21(24)22(12-19)26-23(31)16-7-4-8-20(11-16)32-14-18-6-3-2-5-17(18)13-25/h2-12H,14H2,1H3,(H,26,31). The van der Waals surface area contributed by atoms with Gasteiger partial charge in [-0.2, -0.15) is 9.94 Å². The number of halogens is 1. The Labute approximate surface area is 182 Å². The van der Waals surface area contributed by atoms with Crippen molar-refractivity contribution in [1.82, 2.24) is 20.2 Å². The number of tetrazole rings is 1. The van der Waals surface area contributed by atoms with E-state index in [-0.39, 0.29) is 12.3 Å². The first-order valence-corrected chi connectivity index (χ1v) is 9.62. The lowest BCUT2D eigenvalue weighted by atomic mass is 10.1. The van der Waals surface area contributed by atoms with Crippen molar-refractivity contribution < 1.29 is 13.9 Å². The number of nitriles is 1. The molecule has 0 aliphatic carbocycles. The minimum absolute atomic E-state index is 0.00308. The lowest BCUT2D eigenvalue weighted by Crippen LogP contribution is -2.14. The predicted octanol–water partition coefficient (Wildman–Crippen LogP) is 3.81. The van der Waals surface area contributed by atoms with E-state index in [0.29, 0.717) is 28.4 Å². The minimum atomic E-state index is -0.589. The van der Waals surface area contributed by atoms with Gasteiger partial charge in [-0.15, -0.1) is 5.10 Å². The van der Waals surface area contributed by atoms with Crippen LogP contribution in [-0.2, 0) is 6.61 Å². The van der Waals surface area contributed by atoms with Gasteiger partial charge in [0.1, 0.15) is 18.2 Å². The fraction of sp³-hybridized carbons (Fsp3) is 0.0870. The Morgan fingerprint density at radius 2 is 2.00 bits per heavy atom. The number of nitrogens with one attached hydrogen (secondary N) is 1. The normalized spacial score (nSPS) is 10.4. The monoisotopic (exact) mass is 428 g/mol. The van der Waals surface area contributed by atoms with Crippen molar-refractivity contribution in [1.29, 1.82) is 5.26 Å². The van der Waals surface area contributed by atoms with Crippen molar-refractivity contribution in [3.05, 3.63) is 95.1 Å². The first-order valence-electron chi connectivity index (χ1n) is 9.62. The number of ether oxygens (including phenoxy) is 1. The van der Waals surface area contributed by atoms with Gasteiger partial charge in [0, 0.05) is 11.1 Å². The molecule has 32 heavy (non-hydrogen) atoms. The molecule has 0 aliphatic heterocycles. The summed E-state index contributed by atoms with van der Waals surface area (Å²) in [6.45, 7) is 1.89. The summed E-state index contributed by atoms with van der Waals surface area (Å²) in [5.41, 5.74) is 2.06. The molecule has 0 saturated carbocycles. The molecule has 4 aromatic rings. The molecule has 8 nitrogen and oxygen atoms in total. The predicted molar refractivity (Wildman–Crippen MR) is 114 cm³/mol. The largest absolute Gasteiger partial charge is 0.489 e. The number of rotatable bonds is 6. The highest BCUT2D eigenvalue weighted by atomic mass is 19.1. The Hall–Kier alpha value is -4.58. The summed E-state index contributed by atoms with van der Waals surface area (Å²) >= 11 is 0. The average Bonchev–Trinajstić information content (AvgIpc) is 3.25. The molecule has 0 unspecified atom stereocenters. The van der Waals surface area contributed by atoms with E-state index in [1.54, 1.807) is 49.4 Å². The Kier molecular flexibility index (Phi) is 5.85. The van der Waals surface area contributed by atoms with Crippen molar-refractivity contribution in [2.45, 2.75) is 13.5 Å². The molecule has 0 spiro atoms. The van der Waals surface area contributed by atoms with Crippen LogP contribution in [0.4, 0.5) is 10.1 Å². The van der Waals surface area contributed by atoms with Gasteiger partial charge in [-0.3, -0.25) is 4.79 Å². The van der Waals surface area contributed by atoms with Gasteiger partial charge in [0.25, 0.3) is 5.91 Å². The summed E-state index contributed by atoms with van der Waals surface area (Å²) in [7, 11) is 0. The number of anilines is 1. The molecule has 0 radical (unpaired) electrons. The second kappa shape index (κ2) is 9.06. The maximum atomic E-state index is 14.3. The van der Waals surface area contributed by atoms with Crippen molar-refractivity contribution in [3.8, 4) is 17.5 Å². The molecule has 0 saturated heterocycles. The second-order valence-corrected chi connectivity index (χ2v) is 6.84. The fourth-order valence-electron chi connectivity index (χ4n) is 3.05. The van der Waals surface area contributed by atoms with E-state index < -0.39 is 11.7 Å². The number of hydrogen-bond donors (Lipinski definition) is 1. The van der Waals surface area contributed by atoms with Crippen LogP contribution in [0, 0.1) is 24.1 Å². The van der Waals surface area contributed by atoms with E-state index in [2.05, 4.69) is 26.9 Å². The Balaban J connectivity index is 1.50. The van der Waals surface area contributed by atoms with Crippen LogP contribution in [0.25, 0.3) is 5.69 Å². The first kappa shape index (κ1) is 20.7. The van der Waals surface area contributed by atoms with Crippen LogP contribution in [0.5, 0.6) is 5.75 Å². The van der Waals surface area contributed by atoms with E-state index in [9.17, 15) is 14.4 Å². The SMILES string of the molecule is Cc1nnnn1-c1ccc(F)c(NC(=O)c2cccc(OCc3ccccc3C#N)c2)c1. The second-order valence-electron chi connectivity index (χ2n) is 6.84. The quantitative estimate of drug-likeness (QED) is 0.501. The number of nitrogens with zero attached hydrogens (tertiary/aromatic N) is 5. The third kappa shape index (κ3) is 4.44. The Morgan fingerprint density at radius 3 is 2.78 bits per heavy atom. The molecule has 0 bridgehead atoms. The summed E-state index contributed by atoms with van der Waals surface area (Å²) in [6, 6.07) is 20.0. The molecule has 0 fully saturated rings. The summed E-state index contributed by atoms with van der Waals surface area (Å²) in [6.07, 6.45) is 0. The van der Waals surface area contributed by atoms with Gasteiger partial charge in [-0.1, -0.05) is 24.3 Å². The highest BCUT2D eigenvalue weighted by Crippen LogP contribution is 2.21. The smallest absolute Gasteiger partial charge is 0.255 e. The topological polar surface area (TPSA) is 106 Å². The molecule has 1 aromatic heterocycles. The zero-order valence-corrected chi connectivity index (χ0v) is 17.0. The van der Waals surface area contributed by atoms with Gasteiger partial charge >= 0.3 is 0 Å². The maximum absolute atomic E-state index is 14.3. The Morgan fingerprint density at radius 1 is 1.16 bits per heavy atom. The molecule has 158 valence electrons. The van der Waals surface area contributed by atoms with Crippen molar-refractivity contribution in [2.24, 2.45) is 0 Å². The van der Waals surface area contributed by atoms with Crippen molar-refractivity contribution in [2.75, 3.05) is 5.32 Å². The summed E-state index contributed by atoms with van der Waals surface area (Å²) in [5, 5.41) is 23.0. The van der Waals surface area contributed by atoms with Crippen LogP contribution in [0.15, 0.2) is 66.7 Å². The lowest BCUT2D eigenvalue weighted by molar-refractivity contribution is 0.102. The van der Waals surface area contributed by atoms with Crippen LogP contribution in [0.3, 0.4) is 0 Å². The number of carbonyl (C=O) groups is 1. The zero-order chi connectivity index (χ0) is 22.5. The molecule has 0 aliphatic rings. The number of amides is 1. The maximum Gasteiger partial charge on any atom is 0.255 e. The van der Waals surface area contributed by atoms with E-state index in [1.807, 2.05) is 6.07 Å². The number of hydrogen-bond acceptors (Lipinski definition) is 6. The molecule has 4 rings (SSSR count). The minimum Gasteiger partial charge on any atom is -0.489 e. The summed E-state index contributed by atoms with van der Waals surface area (Å²) < 4.78 is 21.5. The average molecular weight is 428 g/mol. The van der Waals surface area contributed by atoms with E-state index in [0.717, 1.165) is 5.56 Å². The van der Waals surface area contributed by atoms with Crippen molar-refractivity contribution in [3.63, 3.8) is 0 Å². The first-order chi connectivity index (χ1) is 15.5. The van der Waals surface area contributed by atoms with Gasteiger partial charge in [-0.05, 0) is 59.8 Å². The van der Waals surface area contributed by atoms with Crippen LogP contribution in [0.1, 0.15) is 27.3 Å². The number of carbonyl (C=O) groups excluding carboxylic acids is 1. The summed E-state index contributed by atoms with van der Waals surface area (Å²) in [4.78, 5) is 12.7. The molecule has 1 amide bonds. The number of aryl methyl sites for hydroxylation is 1. The highest BCUT2D eigenvalue weighted by molar-refractivity contribution is 6.04. The molecular formula is C23H17FN6O2. The summed E-state index contributed by atoms with van der Waals surface area (Å²) in [5.74, 6) is -0.119.